The molecule has 3 aromatic rings. The lowest BCUT2D eigenvalue weighted by atomic mass is 10.2. The van der Waals surface area contributed by atoms with Crippen LogP contribution >= 0.6 is 0 Å². The number of aromatic nitrogens is 1. The van der Waals surface area contributed by atoms with Crippen molar-refractivity contribution in [3.63, 3.8) is 0 Å². The molecule has 5 heteroatoms. The molecule has 26 heavy (non-hydrogen) atoms. The van der Waals surface area contributed by atoms with Gasteiger partial charge in [-0.3, -0.25) is 4.79 Å². The number of fused-ring (bicyclic) bond motifs is 1. The Balaban J connectivity index is 1.76. The number of nitrogens with zero attached hydrogens (tertiary/aromatic N) is 1. The summed E-state index contributed by atoms with van der Waals surface area (Å²) in [5, 5.41) is 10.2. The summed E-state index contributed by atoms with van der Waals surface area (Å²) in [7, 11) is 1.61. The highest BCUT2D eigenvalue weighted by molar-refractivity contribution is 5.98. The zero-order valence-corrected chi connectivity index (χ0v) is 14.7. The first kappa shape index (κ1) is 17.8. The average molecular weight is 350 g/mol. The van der Waals surface area contributed by atoms with Gasteiger partial charge in [-0.05, 0) is 29.8 Å². The number of methoxy groups -OCH3 is 1. The highest BCUT2D eigenvalue weighted by Crippen LogP contribution is 2.22. The van der Waals surface area contributed by atoms with Crippen molar-refractivity contribution in [2.75, 3.05) is 26.8 Å². The van der Waals surface area contributed by atoms with Crippen molar-refractivity contribution < 1.29 is 14.6 Å². The van der Waals surface area contributed by atoms with Gasteiger partial charge in [0.05, 0.1) is 13.7 Å². The molecule has 0 unspecified atom stereocenters. The summed E-state index contributed by atoms with van der Waals surface area (Å²) in [4.78, 5) is 17.6. The molecule has 5 nitrogen and oxygen atoms in total. The summed E-state index contributed by atoms with van der Waals surface area (Å²) in [5.74, 6) is 0.598. The van der Waals surface area contributed by atoms with Gasteiger partial charge in [0.25, 0.3) is 5.91 Å². The molecule has 3 rings (SSSR count). The number of benzene rings is 2. The van der Waals surface area contributed by atoms with Crippen molar-refractivity contribution in [3.05, 3.63) is 71.9 Å². The van der Waals surface area contributed by atoms with Gasteiger partial charge in [-0.2, -0.15) is 0 Å². The Morgan fingerprint density at radius 3 is 2.73 bits per heavy atom. The van der Waals surface area contributed by atoms with Crippen LogP contribution in [0.3, 0.4) is 0 Å². The third kappa shape index (κ3) is 4.13. The predicted octanol–water partition coefficient (Wildman–Crippen LogP) is 3.32. The van der Waals surface area contributed by atoms with Gasteiger partial charge in [-0.1, -0.05) is 42.5 Å². The summed E-state index contributed by atoms with van der Waals surface area (Å²) in [6.07, 6.45) is 3.89. The van der Waals surface area contributed by atoms with Gasteiger partial charge in [0.2, 0.25) is 0 Å². The maximum atomic E-state index is 12.8. The molecule has 2 N–H and O–H groups in total. The van der Waals surface area contributed by atoms with E-state index in [-0.39, 0.29) is 19.1 Å². The van der Waals surface area contributed by atoms with Gasteiger partial charge in [0.15, 0.2) is 0 Å². The lowest BCUT2D eigenvalue weighted by Crippen LogP contribution is -2.33. The van der Waals surface area contributed by atoms with Crippen LogP contribution < -0.4 is 4.74 Å². The maximum absolute atomic E-state index is 12.8. The van der Waals surface area contributed by atoms with Gasteiger partial charge in [0, 0.05) is 24.0 Å². The third-order valence-electron chi connectivity index (χ3n) is 4.15. The fourth-order valence-corrected chi connectivity index (χ4v) is 2.80. The molecule has 0 aliphatic heterocycles. The Morgan fingerprint density at radius 2 is 2.00 bits per heavy atom. The SMILES string of the molecule is COc1ccc2[nH]c(C(=O)N(CC=Cc3ccccc3)CCO)cc2c1. The number of hydrogen-bond acceptors (Lipinski definition) is 3. The van der Waals surface area contributed by atoms with E-state index in [1.165, 1.54) is 0 Å². The fraction of sp³-hybridized carbons (Fsp3) is 0.190. The minimum absolute atomic E-state index is 0.0844. The molecule has 0 radical (unpaired) electrons. The lowest BCUT2D eigenvalue weighted by molar-refractivity contribution is 0.0738. The van der Waals surface area contributed by atoms with Crippen molar-refractivity contribution in [1.82, 2.24) is 9.88 Å². The first-order valence-corrected chi connectivity index (χ1v) is 8.50. The summed E-state index contributed by atoms with van der Waals surface area (Å²) in [6, 6.07) is 17.3. The van der Waals surface area contributed by atoms with Crippen LogP contribution in [0, 0.1) is 0 Å². The van der Waals surface area contributed by atoms with Gasteiger partial charge in [-0.15, -0.1) is 0 Å². The molecule has 0 atom stereocenters. The average Bonchev–Trinajstić information content (AvgIpc) is 3.10. The van der Waals surface area contributed by atoms with Gasteiger partial charge in [-0.25, -0.2) is 0 Å². The summed E-state index contributed by atoms with van der Waals surface area (Å²) >= 11 is 0. The van der Waals surface area contributed by atoms with Crippen molar-refractivity contribution in [3.8, 4) is 5.75 Å². The highest BCUT2D eigenvalue weighted by Gasteiger charge is 2.16. The van der Waals surface area contributed by atoms with Crippen LogP contribution in [-0.2, 0) is 0 Å². The molecule has 2 aromatic carbocycles. The van der Waals surface area contributed by atoms with E-state index in [0.717, 1.165) is 22.2 Å². The van der Waals surface area contributed by atoms with Crippen LogP contribution in [0.25, 0.3) is 17.0 Å². The van der Waals surface area contributed by atoms with Gasteiger partial charge < -0.3 is 19.7 Å². The maximum Gasteiger partial charge on any atom is 0.270 e. The molecule has 0 aliphatic rings. The van der Waals surface area contributed by atoms with Crippen molar-refractivity contribution in [1.29, 1.82) is 0 Å². The molecular formula is C21H22N2O3. The molecule has 1 heterocycles. The molecule has 0 saturated carbocycles. The van der Waals surface area contributed by atoms with E-state index in [2.05, 4.69) is 4.98 Å². The smallest absolute Gasteiger partial charge is 0.270 e. The van der Waals surface area contributed by atoms with Gasteiger partial charge >= 0.3 is 0 Å². The first-order valence-electron chi connectivity index (χ1n) is 8.50. The highest BCUT2D eigenvalue weighted by atomic mass is 16.5. The molecular weight excluding hydrogens is 328 g/mol. The Labute approximate surface area is 152 Å². The van der Waals surface area contributed by atoms with Crippen LogP contribution in [-0.4, -0.2) is 47.7 Å². The van der Waals surface area contributed by atoms with E-state index < -0.39 is 0 Å². The molecule has 0 fully saturated rings. The zero-order chi connectivity index (χ0) is 18.4. The molecule has 0 saturated heterocycles. The predicted molar refractivity (Wildman–Crippen MR) is 103 cm³/mol. The quantitative estimate of drug-likeness (QED) is 0.687. The van der Waals surface area contributed by atoms with Gasteiger partial charge in [0.1, 0.15) is 11.4 Å². The Kier molecular flexibility index (Phi) is 5.71. The van der Waals surface area contributed by atoms with Crippen LogP contribution in [0.4, 0.5) is 0 Å². The van der Waals surface area contributed by atoms with Crippen LogP contribution in [0.2, 0.25) is 0 Å². The third-order valence-corrected chi connectivity index (χ3v) is 4.15. The van der Waals surface area contributed by atoms with Crippen molar-refractivity contribution in [2.45, 2.75) is 0 Å². The number of aromatic amines is 1. The number of aliphatic hydroxyl groups is 1. The molecule has 1 aromatic heterocycles. The monoisotopic (exact) mass is 350 g/mol. The number of aliphatic hydroxyl groups excluding tert-OH is 1. The Bertz CT molecular complexity index is 900. The molecule has 0 bridgehead atoms. The number of H-pyrrole nitrogens is 1. The largest absolute Gasteiger partial charge is 0.497 e. The van der Waals surface area contributed by atoms with E-state index in [1.807, 2.05) is 66.7 Å². The second-order valence-electron chi connectivity index (χ2n) is 5.92. The van der Waals surface area contributed by atoms with E-state index in [4.69, 9.17) is 4.74 Å². The number of ether oxygens (including phenoxy) is 1. The molecule has 134 valence electrons. The lowest BCUT2D eigenvalue weighted by Gasteiger charge is -2.19. The van der Waals surface area contributed by atoms with E-state index in [9.17, 15) is 9.90 Å². The van der Waals surface area contributed by atoms with Crippen LogP contribution in [0.5, 0.6) is 5.75 Å². The normalized spacial score (nSPS) is 11.2. The zero-order valence-electron chi connectivity index (χ0n) is 14.7. The van der Waals surface area contributed by atoms with Crippen molar-refractivity contribution >= 4 is 22.9 Å². The number of carbonyl (C=O) groups excluding carboxylic acids is 1. The Hall–Kier alpha value is -3.05. The second kappa shape index (κ2) is 8.36. The first-order chi connectivity index (χ1) is 12.7. The minimum atomic E-state index is -0.146. The van der Waals surface area contributed by atoms with Crippen LogP contribution in [0.1, 0.15) is 16.1 Å². The summed E-state index contributed by atoms with van der Waals surface area (Å²) in [5.41, 5.74) is 2.44. The fourth-order valence-electron chi connectivity index (χ4n) is 2.80. The summed E-state index contributed by atoms with van der Waals surface area (Å²) in [6.45, 7) is 0.614. The van der Waals surface area contributed by atoms with Crippen molar-refractivity contribution in [2.24, 2.45) is 0 Å². The Morgan fingerprint density at radius 1 is 1.19 bits per heavy atom. The summed E-state index contributed by atoms with van der Waals surface area (Å²) < 4.78 is 5.22. The topological polar surface area (TPSA) is 65.6 Å². The van der Waals surface area contributed by atoms with E-state index in [0.29, 0.717) is 12.2 Å². The number of nitrogens with one attached hydrogen (secondary N) is 1. The molecule has 1 amide bonds. The molecule has 0 aliphatic carbocycles. The number of amides is 1. The van der Waals surface area contributed by atoms with E-state index >= 15 is 0 Å². The van der Waals surface area contributed by atoms with E-state index in [1.54, 1.807) is 12.0 Å². The molecule has 0 spiro atoms. The number of carbonyl (C=O) groups is 1. The number of hydrogen-bond donors (Lipinski definition) is 2. The minimum Gasteiger partial charge on any atom is -0.497 e. The second-order valence-corrected chi connectivity index (χ2v) is 5.92. The van der Waals surface area contributed by atoms with Crippen LogP contribution in [0.15, 0.2) is 60.7 Å². The number of rotatable bonds is 7. The standard InChI is InChI=1S/C21H22N2O3/c1-26-18-9-10-19-17(14-18)15-20(22-19)21(25)23(12-13-24)11-5-8-16-6-3-2-4-7-16/h2-10,14-15,22,24H,11-13H2,1H3.